The Hall–Kier alpha value is -2.39. The molecule has 0 aliphatic carbocycles. The fourth-order valence-electron chi connectivity index (χ4n) is 3.75. The van der Waals surface area contributed by atoms with Gasteiger partial charge in [0.25, 0.3) is 5.91 Å². The van der Waals surface area contributed by atoms with E-state index < -0.39 is 18.0 Å². The first kappa shape index (κ1) is 18.9. The topological polar surface area (TPSA) is 71.7 Å². The molecule has 2 saturated heterocycles. The first-order valence-corrected chi connectivity index (χ1v) is 9.14. The summed E-state index contributed by atoms with van der Waals surface area (Å²) in [6.45, 7) is 3.77. The van der Waals surface area contributed by atoms with Crippen molar-refractivity contribution in [3.63, 3.8) is 0 Å². The highest BCUT2D eigenvalue weighted by atomic mass is 19.4. The number of anilines is 1. The molecule has 0 radical (unpaired) electrons. The molecule has 2 fully saturated rings. The first-order valence-electron chi connectivity index (χ1n) is 9.14. The number of aromatic nitrogens is 1. The van der Waals surface area contributed by atoms with Crippen molar-refractivity contribution in [2.45, 2.75) is 31.3 Å². The van der Waals surface area contributed by atoms with Gasteiger partial charge in [-0.05, 0) is 31.2 Å². The number of benzene rings is 1. The van der Waals surface area contributed by atoms with Crippen LogP contribution in [0, 0.1) is 0 Å². The van der Waals surface area contributed by atoms with E-state index in [2.05, 4.69) is 4.98 Å². The quantitative estimate of drug-likeness (QED) is 0.844. The van der Waals surface area contributed by atoms with Crippen molar-refractivity contribution in [2.75, 3.05) is 31.1 Å². The summed E-state index contributed by atoms with van der Waals surface area (Å²) in [7, 11) is 0. The van der Waals surface area contributed by atoms with Gasteiger partial charge in [0.1, 0.15) is 5.69 Å². The number of fused-ring (bicyclic) bond motifs is 1. The van der Waals surface area contributed by atoms with Gasteiger partial charge in [0.2, 0.25) is 0 Å². The van der Waals surface area contributed by atoms with Crippen molar-refractivity contribution in [3.05, 3.63) is 36.0 Å². The van der Waals surface area contributed by atoms with E-state index in [1.54, 1.807) is 17.0 Å². The number of morpholine rings is 1. The maximum Gasteiger partial charge on any atom is 0.433 e. The Morgan fingerprint density at radius 1 is 1.18 bits per heavy atom. The van der Waals surface area contributed by atoms with Crippen LogP contribution in [0.4, 0.5) is 18.9 Å². The highest BCUT2D eigenvalue weighted by Gasteiger charge is 2.38. The molecule has 6 nitrogen and oxygen atoms in total. The molecule has 28 heavy (non-hydrogen) atoms. The van der Waals surface area contributed by atoms with Gasteiger partial charge in [-0.15, -0.1) is 0 Å². The molecule has 1 aromatic heterocycles. The van der Waals surface area contributed by atoms with E-state index in [1.165, 1.54) is 6.07 Å². The van der Waals surface area contributed by atoms with Crippen molar-refractivity contribution in [3.8, 4) is 0 Å². The Morgan fingerprint density at radius 3 is 2.61 bits per heavy atom. The molecule has 1 amide bonds. The third-order valence-corrected chi connectivity index (χ3v) is 5.10. The molecule has 2 N–H and O–H groups in total. The van der Waals surface area contributed by atoms with Gasteiger partial charge in [-0.1, -0.05) is 6.07 Å². The Bertz CT molecular complexity index is 898. The minimum absolute atomic E-state index is 0.00744. The zero-order valence-corrected chi connectivity index (χ0v) is 15.3. The van der Waals surface area contributed by atoms with Crippen LogP contribution in [0.5, 0.6) is 0 Å². The number of hydrogen-bond donors (Lipinski definition) is 1. The van der Waals surface area contributed by atoms with Gasteiger partial charge in [-0.25, -0.2) is 4.98 Å². The molecule has 4 rings (SSSR count). The third-order valence-electron chi connectivity index (χ3n) is 5.10. The van der Waals surface area contributed by atoms with Crippen molar-refractivity contribution in [1.82, 2.24) is 9.88 Å². The number of likely N-dealkylation sites (tertiary alicyclic amines) is 1. The van der Waals surface area contributed by atoms with Crippen LogP contribution in [-0.4, -0.2) is 60.2 Å². The average molecular weight is 394 g/mol. The second-order valence-electron chi connectivity index (χ2n) is 7.38. The summed E-state index contributed by atoms with van der Waals surface area (Å²) < 4.78 is 44.7. The van der Waals surface area contributed by atoms with E-state index >= 15 is 0 Å². The van der Waals surface area contributed by atoms with E-state index in [4.69, 9.17) is 10.5 Å². The zero-order valence-electron chi connectivity index (χ0n) is 15.3. The Balaban J connectivity index is 1.62. The Kier molecular flexibility index (Phi) is 4.67. The minimum Gasteiger partial charge on any atom is -0.365 e. The molecule has 0 unspecified atom stereocenters. The molecule has 2 aliphatic rings. The van der Waals surface area contributed by atoms with Gasteiger partial charge in [-0.2, -0.15) is 13.2 Å². The normalized spacial score (nSPS) is 23.8. The number of alkyl halides is 3. The molecule has 2 aromatic rings. The van der Waals surface area contributed by atoms with Crippen LogP contribution >= 0.6 is 0 Å². The number of pyridine rings is 1. The average Bonchev–Trinajstić information content (AvgIpc) is 2.62. The van der Waals surface area contributed by atoms with Gasteiger partial charge < -0.3 is 20.3 Å². The molecule has 2 atom stereocenters. The molecule has 0 saturated carbocycles. The van der Waals surface area contributed by atoms with Gasteiger partial charge in [-0.3, -0.25) is 4.79 Å². The molecule has 2 aliphatic heterocycles. The van der Waals surface area contributed by atoms with E-state index in [0.717, 1.165) is 11.8 Å². The monoisotopic (exact) mass is 394 g/mol. The van der Waals surface area contributed by atoms with Gasteiger partial charge in [0.05, 0.1) is 18.2 Å². The van der Waals surface area contributed by atoms with Crippen LogP contribution < -0.4 is 10.6 Å². The number of ether oxygens (including phenoxy) is 1. The lowest BCUT2D eigenvalue weighted by Gasteiger charge is -2.43. The van der Waals surface area contributed by atoms with E-state index in [-0.39, 0.29) is 23.6 Å². The van der Waals surface area contributed by atoms with Crippen LogP contribution in [0.25, 0.3) is 10.9 Å². The number of hydrogen-bond acceptors (Lipinski definition) is 5. The lowest BCUT2D eigenvalue weighted by atomic mass is 10.1. The largest absolute Gasteiger partial charge is 0.433 e. The standard InChI is InChI=1S/C19H21F3N4O2/c1-11-7-25(10-16(28-11)18(27)26-8-12(23)9-26)15-4-2-3-14-13(15)5-6-17(24-14)19(20,21)22/h2-6,11-12,16H,7-10,23H2,1H3/t11-,16-/m1/s1. The molecule has 0 bridgehead atoms. The number of nitrogens with zero attached hydrogens (tertiary/aromatic N) is 3. The summed E-state index contributed by atoms with van der Waals surface area (Å²) in [6, 6.07) is 7.49. The number of carbonyl (C=O) groups excluding carboxylic acids is 1. The molecule has 3 heterocycles. The summed E-state index contributed by atoms with van der Waals surface area (Å²) in [5, 5.41) is 0.613. The fourth-order valence-corrected chi connectivity index (χ4v) is 3.75. The molecular formula is C19H21F3N4O2. The molecule has 1 aromatic carbocycles. The van der Waals surface area contributed by atoms with Crippen molar-refractivity contribution >= 4 is 22.5 Å². The molecule has 0 spiro atoms. The zero-order chi connectivity index (χ0) is 20.1. The summed E-state index contributed by atoms with van der Waals surface area (Å²) in [4.78, 5) is 20.1. The van der Waals surface area contributed by atoms with Gasteiger partial charge in [0, 0.05) is 36.7 Å². The van der Waals surface area contributed by atoms with Crippen molar-refractivity contribution < 1.29 is 22.7 Å². The van der Waals surface area contributed by atoms with Gasteiger partial charge >= 0.3 is 6.18 Å². The molecular weight excluding hydrogens is 373 g/mol. The Morgan fingerprint density at radius 2 is 1.93 bits per heavy atom. The summed E-state index contributed by atoms with van der Waals surface area (Å²) >= 11 is 0. The molecule has 9 heteroatoms. The predicted octanol–water partition coefficient (Wildman–Crippen LogP) is 2.02. The lowest BCUT2D eigenvalue weighted by molar-refractivity contribution is -0.152. The van der Waals surface area contributed by atoms with Crippen LogP contribution in [0.15, 0.2) is 30.3 Å². The number of amides is 1. The second kappa shape index (κ2) is 6.89. The van der Waals surface area contributed by atoms with Crippen LogP contribution in [0.3, 0.4) is 0 Å². The highest BCUT2D eigenvalue weighted by Crippen LogP contribution is 2.33. The van der Waals surface area contributed by atoms with Crippen molar-refractivity contribution in [2.24, 2.45) is 5.73 Å². The maximum atomic E-state index is 13.0. The van der Waals surface area contributed by atoms with Crippen molar-refractivity contribution in [1.29, 1.82) is 0 Å². The molecule has 150 valence electrons. The van der Waals surface area contributed by atoms with Crippen LogP contribution in [-0.2, 0) is 15.7 Å². The minimum atomic E-state index is -4.49. The SMILES string of the molecule is C[C@@H]1CN(c2cccc3nc(C(F)(F)F)ccc23)C[C@H](C(=O)N2CC(N)C2)O1. The maximum absolute atomic E-state index is 13.0. The van der Waals surface area contributed by atoms with E-state index in [0.29, 0.717) is 31.6 Å². The number of rotatable bonds is 2. The number of halogens is 3. The number of carbonyl (C=O) groups is 1. The highest BCUT2D eigenvalue weighted by molar-refractivity contribution is 5.92. The summed E-state index contributed by atoms with van der Waals surface area (Å²) in [5.74, 6) is -0.101. The number of nitrogens with two attached hydrogens (primary N) is 1. The van der Waals surface area contributed by atoms with E-state index in [1.807, 2.05) is 17.9 Å². The summed E-state index contributed by atoms with van der Waals surface area (Å²) in [5.41, 5.74) is 5.84. The first-order chi connectivity index (χ1) is 13.2. The fraction of sp³-hybridized carbons (Fsp3) is 0.474. The van der Waals surface area contributed by atoms with E-state index in [9.17, 15) is 18.0 Å². The predicted molar refractivity (Wildman–Crippen MR) is 97.8 cm³/mol. The van der Waals surface area contributed by atoms with Crippen LogP contribution in [0.1, 0.15) is 12.6 Å². The lowest BCUT2D eigenvalue weighted by Crippen LogP contribution is -2.63. The third kappa shape index (κ3) is 3.51. The smallest absolute Gasteiger partial charge is 0.365 e. The van der Waals surface area contributed by atoms with Crippen LogP contribution in [0.2, 0.25) is 0 Å². The Labute approximate surface area is 160 Å². The summed E-state index contributed by atoms with van der Waals surface area (Å²) in [6.07, 6.45) is -5.32. The second-order valence-corrected chi connectivity index (χ2v) is 7.38. The van der Waals surface area contributed by atoms with Gasteiger partial charge in [0.15, 0.2) is 6.10 Å².